The Labute approximate surface area is 243 Å². The first kappa shape index (κ1) is 31.2. The molecule has 0 unspecified atom stereocenters. The van der Waals surface area contributed by atoms with E-state index in [9.17, 15) is 18.0 Å². The highest BCUT2D eigenvalue weighted by Gasteiger charge is 2.34. The highest BCUT2D eigenvalue weighted by atomic mass is 35.5. The molecule has 0 heterocycles. The van der Waals surface area contributed by atoms with E-state index in [2.05, 4.69) is 5.32 Å². The fourth-order valence-corrected chi connectivity index (χ4v) is 5.51. The molecule has 3 aromatic rings. The van der Waals surface area contributed by atoms with Crippen LogP contribution in [-0.2, 0) is 32.6 Å². The molecule has 3 rings (SSSR count). The number of aryl methyl sites for hydroxylation is 2. The van der Waals surface area contributed by atoms with Gasteiger partial charge >= 0.3 is 0 Å². The second-order valence-corrected chi connectivity index (χ2v) is 13.5. The minimum Gasteiger partial charge on any atom is -0.350 e. The molecule has 0 fully saturated rings. The van der Waals surface area contributed by atoms with Gasteiger partial charge in [-0.1, -0.05) is 71.8 Å². The van der Waals surface area contributed by atoms with Gasteiger partial charge in [0.25, 0.3) is 0 Å². The summed E-state index contributed by atoms with van der Waals surface area (Å²) in [6.07, 6.45) is 1.33. The van der Waals surface area contributed by atoms with Crippen LogP contribution in [0.15, 0.2) is 72.8 Å². The standard InChI is InChI=1S/C31H38ClN3O4S/c1-22-12-17-27(23(2)18-22)35(40(6,38)39)21-29(36)34(20-25-13-15-26(32)16-14-25)28(30(37)33-31(3,4)5)19-24-10-8-7-9-11-24/h7-18,28H,19-21H2,1-6H3,(H,33,37)/t28-/m1/s1. The molecule has 0 radical (unpaired) electrons. The maximum atomic E-state index is 14.1. The second-order valence-electron chi connectivity index (χ2n) is 11.2. The van der Waals surface area contributed by atoms with Gasteiger partial charge in [-0.15, -0.1) is 0 Å². The minimum absolute atomic E-state index is 0.0928. The van der Waals surface area contributed by atoms with Crippen molar-refractivity contribution in [2.45, 2.75) is 59.2 Å². The van der Waals surface area contributed by atoms with E-state index in [4.69, 9.17) is 11.6 Å². The van der Waals surface area contributed by atoms with Gasteiger partial charge in [0.1, 0.15) is 12.6 Å². The molecule has 0 aromatic heterocycles. The summed E-state index contributed by atoms with van der Waals surface area (Å²) in [6.45, 7) is 9.00. The summed E-state index contributed by atoms with van der Waals surface area (Å²) in [6, 6.07) is 21.0. The van der Waals surface area contributed by atoms with Crippen molar-refractivity contribution >= 4 is 39.1 Å². The second kappa shape index (κ2) is 12.9. The number of hydrogen-bond acceptors (Lipinski definition) is 4. The van der Waals surface area contributed by atoms with Crippen molar-refractivity contribution in [1.82, 2.24) is 10.2 Å². The van der Waals surface area contributed by atoms with Gasteiger partial charge in [-0.25, -0.2) is 8.42 Å². The van der Waals surface area contributed by atoms with Crippen LogP contribution in [-0.4, -0.2) is 49.5 Å². The van der Waals surface area contributed by atoms with E-state index in [-0.39, 0.29) is 18.9 Å². The van der Waals surface area contributed by atoms with Gasteiger partial charge in [0.05, 0.1) is 11.9 Å². The largest absolute Gasteiger partial charge is 0.350 e. The minimum atomic E-state index is -3.83. The molecule has 0 saturated carbocycles. The summed E-state index contributed by atoms with van der Waals surface area (Å²) in [5, 5.41) is 3.56. The maximum Gasteiger partial charge on any atom is 0.244 e. The van der Waals surface area contributed by atoms with Gasteiger partial charge in [0.15, 0.2) is 0 Å². The number of carbonyl (C=O) groups is 2. The van der Waals surface area contributed by atoms with E-state index in [1.54, 1.807) is 30.3 Å². The zero-order chi connectivity index (χ0) is 29.7. The predicted octanol–water partition coefficient (Wildman–Crippen LogP) is 5.28. The molecule has 40 heavy (non-hydrogen) atoms. The molecule has 0 aliphatic carbocycles. The van der Waals surface area contributed by atoms with Crippen LogP contribution in [0.4, 0.5) is 5.69 Å². The quantitative estimate of drug-likeness (QED) is 0.352. The van der Waals surface area contributed by atoms with Crippen molar-refractivity contribution in [3.05, 3.63) is 100 Å². The van der Waals surface area contributed by atoms with Gasteiger partial charge in [-0.2, -0.15) is 0 Å². The number of benzene rings is 3. The van der Waals surface area contributed by atoms with E-state index in [1.165, 1.54) is 4.90 Å². The topological polar surface area (TPSA) is 86.8 Å². The lowest BCUT2D eigenvalue weighted by molar-refractivity contribution is -0.140. The number of hydrogen-bond donors (Lipinski definition) is 1. The number of anilines is 1. The Balaban J connectivity index is 2.09. The van der Waals surface area contributed by atoms with Crippen LogP contribution < -0.4 is 9.62 Å². The first-order valence-corrected chi connectivity index (χ1v) is 15.3. The summed E-state index contributed by atoms with van der Waals surface area (Å²) < 4.78 is 27.0. The third-order valence-electron chi connectivity index (χ3n) is 6.34. The molecular formula is C31H38ClN3O4S. The molecule has 9 heteroatoms. The van der Waals surface area contributed by atoms with Crippen LogP contribution in [0.3, 0.4) is 0 Å². The van der Waals surface area contributed by atoms with E-state index < -0.39 is 34.1 Å². The Bertz CT molecular complexity index is 1440. The number of rotatable bonds is 10. The van der Waals surface area contributed by atoms with Crippen molar-refractivity contribution in [3.63, 3.8) is 0 Å². The fourth-order valence-electron chi connectivity index (χ4n) is 4.47. The van der Waals surface area contributed by atoms with Crippen molar-refractivity contribution in [1.29, 1.82) is 0 Å². The van der Waals surface area contributed by atoms with Crippen LogP contribution in [0, 0.1) is 13.8 Å². The van der Waals surface area contributed by atoms with Gasteiger partial charge in [0, 0.05) is 23.5 Å². The number of carbonyl (C=O) groups excluding carboxylic acids is 2. The summed E-state index contributed by atoms with van der Waals surface area (Å²) in [7, 11) is -3.83. The van der Waals surface area contributed by atoms with Gasteiger partial charge in [-0.3, -0.25) is 13.9 Å². The Morgan fingerprint density at radius 2 is 1.55 bits per heavy atom. The smallest absolute Gasteiger partial charge is 0.244 e. The van der Waals surface area contributed by atoms with Crippen molar-refractivity contribution < 1.29 is 18.0 Å². The van der Waals surface area contributed by atoms with E-state index in [1.807, 2.05) is 77.1 Å². The number of sulfonamides is 1. The monoisotopic (exact) mass is 583 g/mol. The molecular weight excluding hydrogens is 546 g/mol. The molecule has 1 atom stereocenters. The average molecular weight is 584 g/mol. The number of nitrogens with one attached hydrogen (secondary N) is 1. The van der Waals surface area contributed by atoms with Crippen LogP contribution >= 0.6 is 11.6 Å². The lowest BCUT2D eigenvalue weighted by Crippen LogP contribution is -2.56. The lowest BCUT2D eigenvalue weighted by Gasteiger charge is -2.35. The van der Waals surface area contributed by atoms with Crippen LogP contribution in [0.2, 0.25) is 5.02 Å². The zero-order valence-electron chi connectivity index (χ0n) is 23.9. The summed E-state index contributed by atoms with van der Waals surface area (Å²) >= 11 is 6.10. The molecule has 0 spiro atoms. The zero-order valence-corrected chi connectivity index (χ0v) is 25.5. The Hall–Kier alpha value is -3.36. The third kappa shape index (κ3) is 8.83. The molecule has 0 saturated heterocycles. The Morgan fingerprint density at radius 3 is 2.10 bits per heavy atom. The number of halogens is 1. The third-order valence-corrected chi connectivity index (χ3v) is 7.71. The van der Waals surface area contributed by atoms with E-state index in [0.29, 0.717) is 10.7 Å². The van der Waals surface area contributed by atoms with Crippen LogP contribution in [0.5, 0.6) is 0 Å². The normalized spacial score (nSPS) is 12.5. The fraction of sp³-hybridized carbons (Fsp3) is 0.355. The molecule has 0 aliphatic heterocycles. The van der Waals surface area contributed by atoms with Crippen LogP contribution in [0.1, 0.15) is 43.0 Å². The SMILES string of the molecule is Cc1ccc(N(CC(=O)N(Cc2ccc(Cl)cc2)[C@H](Cc2ccccc2)C(=O)NC(C)(C)C)S(C)(=O)=O)c(C)c1. The van der Waals surface area contributed by atoms with E-state index in [0.717, 1.165) is 32.8 Å². The molecule has 1 N–H and O–H groups in total. The maximum absolute atomic E-state index is 14.1. The molecule has 0 bridgehead atoms. The van der Waals surface area contributed by atoms with Gasteiger partial charge < -0.3 is 10.2 Å². The van der Waals surface area contributed by atoms with Gasteiger partial charge in [0.2, 0.25) is 21.8 Å². The molecule has 0 aliphatic rings. The number of amides is 2. The lowest BCUT2D eigenvalue weighted by atomic mass is 10.0. The Kier molecular flexibility index (Phi) is 10.0. The molecule has 214 valence electrons. The van der Waals surface area contributed by atoms with Crippen molar-refractivity contribution in [2.75, 3.05) is 17.1 Å². The van der Waals surface area contributed by atoms with Gasteiger partial charge in [-0.05, 0) is 69.5 Å². The predicted molar refractivity (Wildman–Crippen MR) is 162 cm³/mol. The van der Waals surface area contributed by atoms with Crippen LogP contribution in [0.25, 0.3) is 0 Å². The summed E-state index contributed by atoms with van der Waals surface area (Å²) in [5.74, 6) is -0.818. The summed E-state index contributed by atoms with van der Waals surface area (Å²) in [4.78, 5) is 29.3. The van der Waals surface area contributed by atoms with E-state index >= 15 is 0 Å². The average Bonchev–Trinajstić information content (AvgIpc) is 2.85. The first-order chi connectivity index (χ1) is 18.6. The molecule has 7 nitrogen and oxygen atoms in total. The van der Waals surface area contributed by atoms with Crippen molar-refractivity contribution in [3.8, 4) is 0 Å². The first-order valence-electron chi connectivity index (χ1n) is 13.1. The molecule has 2 amide bonds. The highest BCUT2D eigenvalue weighted by Crippen LogP contribution is 2.25. The Morgan fingerprint density at radius 1 is 0.925 bits per heavy atom. The molecule has 3 aromatic carbocycles. The highest BCUT2D eigenvalue weighted by molar-refractivity contribution is 7.92. The van der Waals surface area contributed by atoms with Crippen molar-refractivity contribution in [2.24, 2.45) is 0 Å². The number of nitrogens with zero attached hydrogens (tertiary/aromatic N) is 2. The summed E-state index contributed by atoms with van der Waals surface area (Å²) in [5.41, 5.74) is 3.22.